The molecular weight excluding hydrogens is 315 g/mol. The third-order valence-electron chi connectivity index (χ3n) is 3.70. The lowest BCUT2D eigenvalue weighted by molar-refractivity contribution is -0.136. The molecule has 24 heavy (non-hydrogen) atoms. The highest BCUT2D eigenvalue weighted by atomic mass is 19.1. The van der Waals surface area contributed by atoms with Crippen LogP contribution in [0.1, 0.15) is 53.0 Å². The van der Waals surface area contributed by atoms with Gasteiger partial charge in [-0.3, -0.25) is 24.5 Å². The van der Waals surface area contributed by atoms with Crippen LogP contribution in [-0.4, -0.2) is 42.0 Å². The van der Waals surface area contributed by atoms with Gasteiger partial charge in [0.2, 0.25) is 11.8 Å². The second-order valence-corrected chi connectivity index (χ2v) is 5.18. The van der Waals surface area contributed by atoms with Gasteiger partial charge in [-0.2, -0.15) is 0 Å². The number of hydrogen-bond donors (Lipinski definition) is 1. The smallest absolute Gasteiger partial charge is 0.255 e. The van der Waals surface area contributed by atoms with Crippen molar-refractivity contribution in [3.8, 4) is 0 Å². The molecule has 1 aliphatic heterocycles. The number of piperidine rings is 1. The summed E-state index contributed by atoms with van der Waals surface area (Å²) in [6.07, 6.45) is 0.800. The van der Waals surface area contributed by atoms with Crippen molar-refractivity contribution in [3.05, 3.63) is 34.6 Å². The molecule has 1 N–H and O–H groups in total. The van der Waals surface area contributed by atoms with Crippen LogP contribution in [0.15, 0.2) is 12.1 Å². The van der Waals surface area contributed by atoms with Crippen molar-refractivity contribution < 1.29 is 23.6 Å². The topological polar surface area (TPSA) is 83.6 Å². The molecule has 3 amide bonds. The zero-order valence-electron chi connectivity index (χ0n) is 14.2. The molecule has 6 nitrogen and oxygen atoms in total. The molecule has 1 unspecified atom stereocenters. The van der Waals surface area contributed by atoms with Gasteiger partial charge in [0.05, 0.1) is 5.56 Å². The van der Waals surface area contributed by atoms with E-state index in [4.69, 9.17) is 0 Å². The van der Waals surface area contributed by atoms with Gasteiger partial charge >= 0.3 is 0 Å². The molecule has 2 rings (SSSR count). The largest absolute Gasteiger partial charge is 0.330 e. The second-order valence-electron chi connectivity index (χ2n) is 5.18. The van der Waals surface area contributed by atoms with Gasteiger partial charge in [-0.25, -0.2) is 4.39 Å². The van der Waals surface area contributed by atoms with Crippen molar-refractivity contribution in [2.24, 2.45) is 0 Å². The summed E-state index contributed by atoms with van der Waals surface area (Å²) in [4.78, 5) is 47.7. The Hall–Kier alpha value is -2.57. The lowest BCUT2D eigenvalue weighted by Gasteiger charge is -2.30. The highest BCUT2D eigenvalue weighted by molar-refractivity contribution is 6.06. The van der Waals surface area contributed by atoms with E-state index in [9.17, 15) is 23.6 Å². The maximum atomic E-state index is 13.5. The number of aryl methyl sites for hydroxylation is 1. The van der Waals surface area contributed by atoms with Crippen LogP contribution in [0.5, 0.6) is 0 Å². The van der Waals surface area contributed by atoms with Crippen LogP contribution in [0.4, 0.5) is 4.39 Å². The number of nitrogens with zero attached hydrogens (tertiary/aromatic N) is 1. The first-order valence-corrected chi connectivity index (χ1v) is 7.71. The quantitative estimate of drug-likeness (QED) is 0.674. The molecule has 1 fully saturated rings. The van der Waals surface area contributed by atoms with E-state index < -0.39 is 29.6 Å². The molecule has 0 aliphatic carbocycles. The number of likely N-dealkylation sites (N-methyl/N-ethyl adjacent to an activating group) is 1. The normalized spacial score (nSPS) is 16.6. The lowest BCUT2D eigenvalue weighted by Crippen LogP contribution is -2.53. The average molecular weight is 336 g/mol. The fraction of sp³-hybridized carbons (Fsp3) is 0.412. The Balaban J connectivity index is 0.00000139. The monoisotopic (exact) mass is 336 g/mol. The third-order valence-corrected chi connectivity index (χ3v) is 3.70. The fourth-order valence-corrected chi connectivity index (χ4v) is 2.47. The van der Waals surface area contributed by atoms with Gasteiger partial charge in [0.15, 0.2) is 6.29 Å². The highest BCUT2D eigenvalue weighted by Crippen LogP contribution is 2.19. The summed E-state index contributed by atoms with van der Waals surface area (Å²) in [6, 6.07) is 1.31. The molecule has 0 aromatic heterocycles. The predicted molar refractivity (Wildman–Crippen MR) is 86.1 cm³/mol. The molecule has 1 aliphatic rings. The van der Waals surface area contributed by atoms with Crippen molar-refractivity contribution in [2.45, 2.75) is 39.7 Å². The van der Waals surface area contributed by atoms with Gasteiger partial charge in [-0.05, 0) is 31.0 Å². The van der Waals surface area contributed by atoms with Gasteiger partial charge < -0.3 is 4.90 Å². The summed E-state index contributed by atoms with van der Waals surface area (Å²) in [5.41, 5.74) is 0.334. The van der Waals surface area contributed by atoms with Crippen molar-refractivity contribution >= 4 is 24.0 Å². The maximum absolute atomic E-state index is 13.5. The van der Waals surface area contributed by atoms with Gasteiger partial charge in [0.1, 0.15) is 11.9 Å². The first-order chi connectivity index (χ1) is 11.3. The number of benzene rings is 1. The molecule has 1 heterocycles. The predicted octanol–water partition coefficient (Wildman–Crippen LogP) is 1.85. The SMILES string of the molecule is CC.Cc1cc(F)cc(C(=O)N(C)C2CCC(=O)NC2=O)c1C=O. The van der Waals surface area contributed by atoms with Crippen LogP contribution in [0, 0.1) is 12.7 Å². The fourth-order valence-electron chi connectivity index (χ4n) is 2.47. The van der Waals surface area contributed by atoms with Crippen LogP contribution < -0.4 is 5.32 Å². The number of aldehydes is 1. The minimum Gasteiger partial charge on any atom is -0.330 e. The first-order valence-electron chi connectivity index (χ1n) is 7.71. The molecule has 1 atom stereocenters. The summed E-state index contributed by atoms with van der Waals surface area (Å²) in [5.74, 6) is -2.24. The molecule has 0 saturated carbocycles. The van der Waals surface area contributed by atoms with Gasteiger partial charge in [-0.1, -0.05) is 13.8 Å². The molecule has 7 heteroatoms. The molecular formula is C17H21FN2O4. The van der Waals surface area contributed by atoms with Crippen LogP contribution in [-0.2, 0) is 9.59 Å². The maximum Gasteiger partial charge on any atom is 0.255 e. The van der Waals surface area contributed by atoms with Crippen LogP contribution in [0.3, 0.4) is 0 Å². The number of carbonyl (C=O) groups excluding carboxylic acids is 4. The van der Waals surface area contributed by atoms with Crippen molar-refractivity contribution in [2.75, 3.05) is 7.05 Å². The van der Waals surface area contributed by atoms with Crippen LogP contribution in [0.25, 0.3) is 0 Å². The Morgan fingerprint density at radius 1 is 1.33 bits per heavy atom. The first kappa shape index (κ1) is 19.5. The van der Waals surface area contributed by atoms with E-state index in [1.807, 2.05) is 13.8 Å². The Morgan fingerprint density at radius 2 is 1.96 bits per heavy atom. The third kappa shape index (κ3) is 4.04. The Morgan fingerprint density at radius 3 is 2.50 bits per heavy atom. The molecule has 1 saturated heterocycles. The summed E-state index contributed by atoms with van der Waals surface area (Å²) in [5, 5.41) is 2.15. The number of rotatable bonds is 3. The van der Waals surface area contributed by atoms with E-state index in [1.165, 1.54) is 14.0 Å². The zero-order valence-corrected chi connectivity index (χ0v) is 14.2. The number of carbonyl (C=O) groups is 4. The van der Waals surface area contributed by atoms with E-state index in [1.54, 1.807) is 0 Å². The molecule has 0 radical (unpaired) electrons. The number of nitrogens with one attached hydrogen (secondary N) is 1. The van der Waals surface area contributed by atoms with E-state index in [-0.39, 0.29) is 24.0 Å². The second kappa shape index (κ2) is 8.33. The van der Waals surface area contributed by atoms with Gasteiger partial charge in [0, 0.05) is 19.0 Å². The Kier molecular flexibility index (Phi) is 6.76. The summed E-state index contributed by atoms with van der Waals surface area (Å²) in [6.45, 7) is 5.52. The van der Waals surface area contributed by atoms with Gasteiger partial charge in [0.25, 0.3) is 5.91 Å². The number of imide groups is 1. The Bertz CT molecular complexity index is 673. The number of halogens is 1. The van der Waals surface area contributed by atoms with E-state index in [2.05, 4.69) is 5.32 Å². The highest BCUT2D eigenvalue weighted by Gasteiger charge is 2.33. The number of hydrogen-bond acceptors (Lipinski definition) is 4. The Labute approximate surface area is 140 Å². The summed E-state index contributed by atoms with van der Waals surface area (Å²) >= 11 is 0. The molecule has 1 aromatic rings. The molecule has 130 valence electrons. The van der Waals surface area contributed by atoms with Crippen LogP contribution >= 0.6 is 0 Å². The van der Waals surface area contributed by atoms with Crippen molar-refractivity contribution in [3.63, 3.8) is 0 Å². The van der Waals surface area contributed by atoms with E-state index in [0.29, 0.717) is 11.8 Å². The minimum atomic E-state index is -0.826. The van der Waals surface area contributed by atoms with Crippen molar-refractivity contribution in [1.29, 1.82) is 0 Å². The molecule has 0 spiro atoms. The van der Waals surface area contributed by atoms with Crippen molar-refractivity contribution in [1.82, 2.24) is 10.2 Å². The summed E-state index contributed by atoms with van der Waals surface area (Å²) in [7, 11) is 1.39. The van der Waals surface area contributed by atoms with E-state index >= 15 is 0 Å². The average Bonchev–Trinajstić information content (AvgIpc) is 2.55. The zero-order chi connectivity index (χ0) is 18.4. The summed E-state index contributed by atoms with van der Waals surface area (Å²) < 4.78 is 13.5. The van der Waals surface area contributed by atoms with Crippen LogP contribution in [0.2, 0.25) is 0 Å². The molecule has 0 bridgehead atoms. The number of amides is 3. The molecule has 1 aromatic carbocycles. The van der Waals surface area contributed by atoms with Gasteiger partial charge in [-0.15, -0.1) is 0 Å². The van der Waals surface area contributed by atoms with E-state index in [0.717, 1.165) is 17.0 Å². The minimum absolute atomic E-state index is 0.0885. The standard InChI is InChI=1S/C15H15FN2O4.C2H6/c1-8-5-9(16)6-10(11(8)7-19)15(22)18(2)12-3-4-13(20)17-14(12)21;1-2/h5-7,12H,3-4H2,1-2H3,(H,17,20,21);1-2H3. The lowest BCUT2D eigenvalue weighted by atomic mass is 9.99.